The van der Waals surface area contributed by atoms with Gasteiger partial charge in [0.1, 0.15) is 0 Å². The number of methoxy groups -OCH3 is 1. The van der Waals surface area contributed by atoms with Crippen LogP contribution in [0.15, 0.2) is 43.1 Å². The van der Waals surface area contributed by atoms with Crippen molar-refractivity contribution in [3.05, 3.63) is 59.4 Å². The molecule has 0 aliphatic heterocycles. The first kappa shape index (κ1) is 20.6. The predicted octanol–water partition coefficient (Wildman–Crippen LogP) is 3.92. The number of halogens is 1. The Balaban J connectivity index is 1.60. The highest BCUT2D eigenvalue weighted by atomic mass is 35.5. The van der Waals surface area contributed by atoms with E-state index in [9.17, 15) is 4.79 Å². The summed E-state index contributed by atoms with van der Waals surface area (Å²) in [4.78, 5) is 27.0. The minimum atomic E-state index is -0.477. The van der Waals surface area contributed by atoms with Gasteiger partial charge in [-0.2, -0.15) is 10.2 Å². The molecule has 0 aliphatic rings. The second-order valence-corrected chi connectivity index (χ2v) is 7.09. The van der Waals surface area contributed by atoms with Crippen LogP contribution in [0, 0.1) is 6.92 Å². The van der Waals surface area contributed by atoms with Gasteiger partial charge < -0.3 is 15.4 Å². The normalized spacial score (nSPS) is 12.0. The molecule has 2 N–H and O–H groups in total. The van der Waals surface area contributed by atoms with Crippen LogP contribution in [-0.4, -0.2) is 43.1 Å². The monoisotopic (exact) mass is 438 g/mol. The number of nitrogens with one attached hydrogen (secondary N) is 2. The maximum atomic E-state index is 12.7. The number of fused-ring (bicyclic) bond motifs is 1. The van der Waals surface area contributed by atoms with Crippen molar-refractivity contribution in [3.8, 4) is 5.82 Å². The lowest BCUT2D eigenvalue weighted by Gasteiger charge is -2.19. The summed E-state index contributed by atoms with van der Waals surface area (Å²) >= 11 is 6.26. The fourth-order valence-corrected chi connectivity index (χ4v) is 3.47. The van der Waals surface area contributed by atoms with Crippen LogP contribution in [-0.2, 0) is 4.74 Å². The van der Waals surface area contributed by atoms with Crippen LogP contribution < -0.4 is 10.6 Å². The zero-order valence-electron chi connectivity index (χ0n) is 17.0. The molecule has 2 amide bonds. The Kier molecular flexibility index (Phi) is 5.74. The van der Waals surface area contributed by atoms with E-state index in [1.807, 2.05) is 19.9 Å². The van der Waals surface area contributed by atoms with Gasteiger partial charge in [-0.3, -0.25) is 9.97 Å². The third kappa shape index (κ3) is 4.16. The summed E-state index contributed by atoms with van der Waals surface area (Å²) < 4.78 is 5.54. The molecule has 31 heavy (non-hydrogen) atoms. The number of urea groups is 1. The largest absolute Gasteiger partial charge is 0.377 e. The fraction of sp³-hybridized carbons (Fsp3) is 0.200. The van der Waals surface area contributed by atoms with Crippen LogP contribution in [0.1, 0.15) is 24.3 Å². The molecule has 0 aliphatic carbocycles. The molecule has 0 saturated heterocycles. The summed E-state index contributed by atoms with van der Waals surface area (Å²) in [6.45, 7) is 3.79. The van der Waals surface area contributed by atoms with Crippen molar-refractivity contribution >= 4 is 39.9 Å². The molecule has 0 bridgehead atoms. The van der Waals surface area contributed by atoms with Crippen molar-refractivity contribution in [1.82, 2.24) is 29.9 Å². The number of pyridine rings is 3. The number of carbonyl (C=O) groups is 1. The quantitative estimate of drug-likeness (QED) is 0.484. The Morgan fingerprint density at radius 1 is 1.13 bits per heavy atom. The number of aryl methyl sites for hydroxylation is 1. The van der Waals surface area contributed by atoms with Crippen molar-refractivity contribution in [2.24, 2.45) is 0 Å². The van der Waals surface area contributed by atoms with Gasteiger partial charge in [-0.05, 0) is 26.0 Å². The van der Waals surface area contributed by atoms with E-state index >= 15 is 0 Å². The molecular weight excluding hydrogens is 420 g/mol. The van der Waals surface area contributed by atoms with Gasteiger partial charge in [0.2, 0.25) is 0 Å². The summed E-state index contributed by atoms with van der Waals surface area (Å²) in [5, 5.41) is 14.7. The van der Waals surface area contributed by atoms with Gasteiger partial charge >= 0.3 is 6.03 Å². The molecule has 0 saturated carbocycles. The van der Waals surface area contributed by atoms with Gasteiger partial charge in [0.15, 0.2) is 5.82 Å². The maximum absolute atomic E-state index is 12.7. The molecule has 11 heteroatoms. The number of aromatic nitrogens is 6. The lowest BCUT2D eigenvalue weighted by Crippen LogP contribution is -2.21. The van der Waals surface area contributed by atoms with Crippen molar-refractivity contribution in [2.75, 3.05) is 17.7 Å². The average molecular weight is 439 g/mol. The molecule has 4 aromatic heterocycles. The lowest BCUT2D eigenvalue weighted by atomic mass is 10.0. The Morgan fingerprint density at radius 2 is 1.90 bits per heavy atom. The summed E-state index contributed by atoms with van der Waals surface area (Å²) in [5.74, 6) is 0.357. The Hall–Kier alpha value is -3.63. The number of amides is 2. The second-order valence-electron chi connectivity index (χ2n) is 6.68. The standard InChI is InChI=1S/C20H19ClN8O2/c1-11-17-15(4-5-22-11)23-10-16(18(17)12(2)31-3)28-20(30)27-13-8-14(21)19(24-9-13)29-25-6-7-26-29/h4-10,12H,1-3H3,(H2,27,28,30). The number of hydrogen-bond acceptors (Lipinski definition) is 7. The smallest absolute Gasteiger partial charge is 0.323 e. The van der Waals surface area contributed by atoms with Gasteiger partial charge in [0.05, 0.1) is 52.8 Å². The minimum absolute atomic E-state index is 0.289. The van der Waals surface area contributed by atoms with Crippen LogP contribution in [0.25, 0.3) is 16.7 Å². The Bertz CT molecular complexity index is 1250. The molecular formula is C20H19ClN8O2. The fourth-order valence-electron chi connectivity index (χ4n) is 3.23. The highest BCUT2D eigenvalue weighted by Gasteiger charge is 2.19. The number of carbonyl (C=O) groups excluding carboxylic acids is 1. The van der Waals surface area contributed by atoms with E-state index in [1.165, 1.54) is 23.4 Å². The van der Waals surface area contributed by atoms with E-state index in [4.69, 9.17) is 16.3 Å². The van der Waals surface area contributed by atoms with Gasteiger partial charge in [0, 0.05) is 30.0 Å². The highest BCUT2D eigenvalue weighted by Crippen LogP contribution is 2.33. The van der Waals surface area contributed by atoms with Crippen LogP contribution in [0.4, 0.5) is 16.2 Å². The molecule has 0 spiro atoms. The predicted molar refractivity (Wildman–Crippen MR) is 117 cm³/mol. The Morgan fingerprint density at radius 3 is 2.61 bits per heavy atom. The van der Waals surface area contributed by atoms with Gasteiger partial charge in [-0.1, -0.05) is 11.6 Å². The molecule has 0 fully saturated rings. The molecule has 10 nitrogen and oxygen atoms in total. The number of rotatable bonds is 5. The number of ether oxygens (including phenoxy) is 1. The number of anilines is 2. The summed E-state index contributed by atoms with van der Waals surface area (Å²) in [5.41, 5.74) is 3.30. The van der Waals surface area contributed by atoms with Crippen LogP contribution in [0.3, 0.4) is 0 Å². The molecule has 1 unspecified atom stereocenters. The van der Waals surface area contributed by atoms with E-state index in [2.05, 4.69) is 35.8 Å². The van der Waals surface area contributed by atoms with E-state index < -0.39 is 6.03 Å². The van der Waals surface area contributed by atoms with Crippen molar-refractivity contribution in [1.29, 1.82) is 0 Å². The second kappa shape index (κ2) is 8.62. The average Bonchev–Trinajstić information content (AvgIpc) is 3.28. The lowest BCUT2D eigenvalue weighted by molar-refractivity contribution is 0.121. The van der Waals surface area contributed by atoms with E-state index in [0.29, 0.717) is 17.2 Å². The molecule has 4 heterocycles. The third-order valence-corrected chi connectivity index (χ3v) is 4.99. The molecule has 0 radical (unpaired) electrons. The van der Waals surface area contributed by atoms with E-state index in [-0.39, 0.29) is 11.1 Å². The molecule has 158 valence electrons. The summed E-state index contributed by atoms with van der Waals surface area (Å²) in [6.07, 6.45) is 7.51. The minimum Gasteiger partial charge on any atom is -0.377 e. The van der Waals surface area contributed by atoms with E-state index in [1.54, 1.807) is 25.6 Å². The van der Waals surface area contributed by atoms with Crippen molar-refractivity contribution in [2.45, 2.75) is 20.0 Å². The maximum Gasteiger partial charge on any atom is 0.323 e. The van der Waals surface area contributed by atoms with Gasteiger partial charge in [-0.25, -0.2) is 9.78 Å². The first-order valence-corrected chi connectivity index (χ1v) is 9.73. The summed E-state index contributed by atoms with van der Waals surface area (Å²) in [7, 11) is 1.61. The summed E-state index contributed by atoms with van der Waals surface area (Å²) in [6, 6.07) is 2.91. The molecule has 1 atom stereocenters. The van der Waals surface area contributed by atoms with Crippen LogP contribution in [0.5, 0.6) is 0 Å². The van der Waals surface area contributed by atoms with Gasteiger partial charge in [0.25, 0.3) is 0 Å². The third-order valence-electron chi connectivity index (χ3n) is 4.71. The molecule has 4 rings (SSSR count). The van der Waals surface area contributed by atoms with E-state index in [0.717, 1.165) is 22.2 Å². The first-order valence-electron chi connectivity index (χ1n) is 9.35. The zero-order valence-corrected chi connectivity index (χ0v) is 17.8. The highest BCUT2D eigenvalue weighted by molar-refractivity contribution is 6.32. The SMILES string of the molecule is COC(C)c1c(NC(=O)Nc2cnc(-n3nccn3)c(Cl)c2)cnc2ccnc(C)c12. The Labute approximate surface area is 182 Å². The topological polar surface area (TPSA) is 120 Å². The number of hydrogen-bond donors (Lipinski definition) is 2. The van der Waals surface area contributed by atoms with Crippen LogP contribution in [0.2, 0.25) is 5.02 Å². The number of nitrogens with zero attached hydrogens (tertiary/aromatic N) is 6. The van der Waals surface area contributed by atoms with Gasteiger partial charge in [-0.15, -0.1) is 4.80 Å². The van der Waals surface area contributed by atoms with Crippen molar-refractivity contribution in [3.63, 3.8) is 0 Å². The zero-order chi connectivity index (χ0) is 22.0. The first-order chi connectivity index (χ1) is 15.0. The van der Waals surface area contributed by atoms with Crippen molar-refractivity contribution < 1.29 is 9.53 Å². The van der Waals surface area contributed by atoms with Crippen LogP contribution >= 0.6 is 11.6 Å². The molecule has 4 aromatic rings. The molecule has 0 aromatic carbocycles.